The molecule has 2 aliphatic rings. The van der Waals surface area contributed by atoms with Gasteiger partial charge in [0.1, 0.15) is 0 Å². The van der Waals surface area contributed by atoms with Crippen molar-refractivity contribution in [3.05, 3.63) is 36.9 Å². The van der Waals surface area contributed by atoms with E-state index in [9.17, 15) is 0 Å². The molecule has 1 aromatic carbocycles. The van der Waals surface area contributed by atoms with Crippen molar-refractivity contribution in [3.63, 3.8) is 0 Å². The van der Waals surface area contributed by atoms with Crippen molar-refractivity contribution in [2.75, 3.05) is 43.6 Å². The van der Waals surface area contributed by atoms with E-state index in [1.165, 1.54) is 36.6 Å². The smallest absolute Gasteiger partial charge is 0.0686 e. The van der Waals surface area contributed by atoms with Gasteiger partial charge in [-0.3, -0.25) is 0 Å². The van der Waals surface area contributed by atoms with E-state index >= 15 is 0 Å². The SMILES string of the molecule is C=CCOC1CCN(CCCN2CSc3ccccc32)CC1. The van der Waals surface area contributed by atoms with Gasteiger partial charge >= 0.3 is 0 Å². The third kappa shape index (κ3) is 4.06. The molecule has 0 unspecified atom stereocenters. The van der Waals surface area contributed by atoms with E-state index < -0.39 is 0 Å². The largest absolute Gasteiger partial charge is 0.374 e. The van der Waals surface area contributed by atoms with Crippen molar-refractivity contribution in [1.82, 2.24) is 4.90 Å². The number of ether oxygens (including phenoxy) is 1. The fourth-order valence-electron chi connectivity index (χ4n) is 3.23. The van der Waals surface area contributed by atoms with E-state index in [-0.39, 0.29) is 0 Å². The van der Waals surface area contributed by atoms with Crippen LogP contribution in [0.3, 0.4) is 0 Å². The van der Waals surface area contributed by atoms with Crippen molar-refractivity contribution in [3.8, 4) is 0 Å². The van der Waals surface area contributed by atoms with Gasteiger partial charge in [-0.2, -0.15) is 0 Å². The van der Waals surface area contributed by atoms with E-state index in [2.05, 4.69) is 40.6 Å². The van der Waals surface area contributed by atoms with Crippen LogP contribution in [0.1, 0.15) is 19.3 Å². The lowest BCUT2D eigenvalue weighted by molar-refractivity contribution is 0.0221. The maximum absolute atomic E-state index is 5.75. The molecule has 0 radical (unpaired) electrons. The summed E-state index contributed by atoms with van der Waals surface area (Å²) in [4.78, 5) is 6.53. The van der Waals surface area contributed by atoms with E-state index in [0.29, 0.717) is 12.7 Å². The number of fused-ring (bicyclic) bond motifs is 1. The van der Waals surface area contributed by atoms with Crippen molar-refractivity contribution < 1.29 is 4.74 Å². The molecule has 2 aliphatic heterocycles. The molecule has 120 valence electrons. The Kier molecular flexibility index (Phi) is 5.82. The number of piperidine rings is 1. The molecule has 0 saturated carbocycles. The summed E-state index contributed by atoms with van der Waals surface area (Å²) in [5.41, 5.74) is 1.42. The summed E-state index contributed by atoms with van der Waals surface area (Å²) in [6.07, 6.45) is 5.86. The van der Waals surface area contributed by atoms with Gasteiger partial charge in [0.25, 0.3) is 0 Å². The fourth-order valence-corrected chi connectivity index (χ4v) is 4.31. The molecule has 1 fully saturated rings. The number of rotatable bonds is 7. The minimum absolute atomic E-state index is 0.441. The normalized spacial score (nSPS) is 19.4. The minimum Gasteiger partial charge on any atom is -0.374 e. The first-order valence-electron chi connectivity index (χ1n) is 8.28. The van der Waals surface area contributed by atoms with Crippen LogP contribution in [-0.4, -0.2) is 49.7 Å². The number of benzene rings is 1. The van der Waals surface area contributed by atoms with Gasteiger partial charge in [0.2, 0.25) is 0 Å². The summed E-state index contributed by atoms with van der Waals surface area (Å²) in [7, 11) is 0. The molecular formula is C18H26N2OS. The van der Waals surface area contributed by atoms with Crippen LogP contribution < -0.4 is 4.90 Å². The molecule has 3 nitrogen and oxygen atoms in total. The number of likely N-dealkylation sites (tertiary alicyclic amines) is 1. The zero-order valence-electron chi connectivity index (χ0n) is 13.2. The Morgan fingerprint density at radius 3 is 2.86 bits per heavy atom. The van der Waals surface area contributed by atoms with Crippen molar-refractivity contribution >= 4 is 17.4 Å². The molecular weight excluding hydrogens is 292 g/mol. The first-order valence-corrected chi connectivity index (χ1v) is 9.27. The van der Waals surface area contributed by atoms with Crippen LogP contribution in [0.15, 0.2) is 41.8 Å². The van der Waals surface area contributed by atoms with E-state index in [1.807, 2.05) is 17.8 Å². The molecule has 0 aromatic heterocycles. The summed E-state index contributed by atoms with van der Waals surface area (Å²) in [6, 6.07) is 8.76. The highest BCUT2D eigenvalue weighted by Crippen LogP contribution is 2.37. The number of anilines is 1. The summed E-state index contributed by atoms with van der Waals surface area (Å²) < 4.78 is 5.75. The van der Waals surface area contributed by atoms with Crippen molar-refractivity contribution in [2.24, 2.45) is 0 Å². The van der Waals surface area contributed by atoms with Gasteiger partial charge in [-0.15, -0.1) is 18.3 Å². The van der Waals surface area contributed by atoms with E-state index in [4.69, 9.17) is 4.74 Å². The predicted octanol–water partition coefficient (Wildman–Crippen LogP) is 3.61. The number of hydrogen-bond acceptors (Lipinski definition) is 4. The van der Waals surface area contributed by atoms with Crippen molar-refractivity contribution in [1.29, 1.82) is 0 Å². The first-order chi connectivity index (χ1) is 10.9. The van der Waals surface area contributed by atoms with Gasteiger partial charge in [-0.25, -0.2) is 0 Å². The number of para-hydroxylation sites is 1. The van der Waals surface area contributed by atoms with Gasteiger partial charge < -0.3 is 14.5 Å². The number of hydrogen-bond donors (Lipinski definition) is 0. The summed E-state index contributed by atoms with van der Waals surface area (Å²) >= 11 is 1.96. The van der Waals surface area contributed by atoms with E-state index in [0.717, 1.165) is 25.3 Å². The van der Waals surface area contributed by atoms with Gasteiger partial charge in [-0.1, -0.05) is 18.2 Å². The zero-order valence-corrected chi connectivity index (χ0v) is 14.1. The molecule has 0 amide bonds. The highest BCUT2D eigenvalue weighted by atomic mass is 32.2. The minimum atomic E-state index is 0.441. The number of nitrogens with zero attached hydrogens (tertiary/aromatic N) is 2. The highest BCUT2D eigenvalue weighted by Gasteiger charge is 2.21. The van der Waals surface area contributed by atoms with Crippen LogP contribution in [0.5, 0.6) is 0 Å². The molecule has 4 heteroatoms. The monoisotopic (exact) mass is 318 g/mol. The second-order valence-electron chi connectivity index (χ2n) is 6.02. The lowest BCUT2D eigenvalue weighted by atomic mass is 10.1. The molecule has 1 saturated heterocycles. The Bertz CT molecular complexity index is 486. The van der Waals surface area contributed by atoms with E-state index in [1.54, 1.807) is 0 Å². The lowest BCUT2D eigenvalue weighted by Crippen LogP contribution is -2.38. The molecule has 2 heterocycles. The van der Waals surface area contributed by atoms with Crippen LogP contribution in [0.4, 0.5) is 5.69 Å². The second-order valence-corrected chi connectivity index (χ2v) is 7.01. The third-order valence-corrected chi connectivity index (χ3v) is 5.57. The Morgan fingerprint density at radius 2 is 2.05 bits per heavy atom. The molecule has 3 rings (SSSR count). The van der Waals surface area contributed by atoms with Crippen LogP contribution in [0.25, 0.3) is 0 Å². The average molecular weight is 318 g/mol. The van der Waals surface area contributed by atoms with Gasteiger partial charge in [0.15, 0.2) is 0 Å². The van der Waals surface area contributed by atoms with Gasteiger partial charge in [0.05, 0.1) is 24.3 Å². The van der Waals surface area contributed by atoms with Crippen LogP contribution in [0.2, 0.25) is 0 Å². The lowest BCUT2D eigenvalue weighted by Gasteiger charge is -2.32. The maximum atomic E-state index is 5.75. The Balaban J connectivity index is 1.36. The Hall–Kier alpha value is -0.970. The van der Waals surface area contributed by atoms with Crippen LogP contribution in [-0.2, 0) is 4.74 Å². The summed E-state index contributed by atoms with van der Waals surface area (Å²) in [5.74, 6) is 1.11. The molecule has 0 spiro atoms. The Morgan fingerprint density at radius 1 is 1.23 bits per heavy atom. The first kappa shape index (κ1) is 15.9. The average Bonchev–Trinajstić information content (AvgIpc) is 2.98. The predicted molar refractivity (Wildman–Crippen MR) is 94.7 cm³/mol. The van der Waals surface area contributed by atoms with Gasteiger partial charge in [-0.05, 0) is 37.9 Å². The summed E-state index contributed by atoms with van der Waals surface area (Å²) in [5, 5.41) is 0. The van der Waals surface area contributed by atoms with Crippen LogP contribution >= 0.6 is 11.8 Å². The molecule has 0 atom stereocenters. The maximum Gasteiger partial charge on any atom is 0.0686 e. The summed E-state index contributed by atoms with van der Waals surface area (Å²) in [6.45, 7) is 9.12. The molecule has 22 heavy (non-hydrogen) atoms. The molecule has 0 N–H and O–H groups in total. The fraction of sp³-hybridized carbons (Fsp3) is 0.556. The van der Waals surface area contributed by atoms with Crippen molar-refractivity contribution in [2.45, 2.75) is 30.3 Å². The standard InChI is InChI=1S/C18H26N2OS/c1-2-14-21-16-8-12-19(13-9-16)10-5-11-20-15-22-18-7-4-3-6-17(18)20/h2-4,6-7,16H,1,5,8-15H2. The topological polar surface area (TPSA) is 15.7 Å². The third-order valence-electron chi connectivity index (χ3n) is 4.47. The second kappa shape index (κ2) is 8.04. The zero-order chi connectivity index (χ0) is 15.2. The molecule has 0 aliphatic carbocycles. The highest BCUT2D eigenvalue weighted by molar-refractivity contribution is 7.99. The molecule has 1 aromatic rings. The molecule has 0 bridgehead atoms. The Labute approximate surface area is 138 Å². The van der Waals surface area contributed by atoms with Gasteiger partial charge in [0, 0.05) is 24.5 Å². The quantitative estimate of drug-likeness (QED) is 0.713. The van der Waals surface area contributed by atoms with Crippen LogP contribution in [0, 0.1) is 0 Å². The number of thioether (sulfide) groups is 1.